The molecule has 1 aromatic heterocycles. The molecule has 0 aliphatic carbocycles. The van der Waals surface area contributed by atoms with E-state index in [0.717, 1.165) is 29.3 Å². The van der Waals surface area contributed by atoms with Gasteiger partial charge in [-0.2, -0.15) is 0 Å². The Labute approximate surface area is 239 Å². The Morgan fingerprint density at radius 2 is 1.78 bits per heavy atom. The molecule has 214 valence electrons. The van der Waals surface area contributed by atoms with Crippen LogP contribution < -0.4 is 11.1 Å². The number of benzene rings is 3. The van der Waals surface area contributed by atoms with Crippen molar-refractivity contribution in [3.8, 4) is 5.69 Å². The first-order valence-corrected chi connectivity index (χ1v) is 13.9. The van der Waals surface area contributed by atoms with Gasteiger partial charge in [0, 0.05) is 37.0 Å². The number of para-hydroxylation sites is 1. The molecule has 41 heavy (non-hydrogen) atoms. The van der Waals surface area contributed by atoms with Crippen LogP contribution in [0.5, 0.6) is 0 Å². The summed E-state index contributed by atoms with van der Waals surface area (Å²) in [6.07, 6.45) is 2.12. The van der Waals surface area contributed by atoms with Crippen molar-refractivity contribution in [3.05, 3.63) is 125 Å². The number of fused-ring (bicyclic) bond motifs is 3. The minimum atomic E-state index is -1.42. The zero-order valence-corrected chi connectivity index (χ0v) is 23.3. The van der Waals surface area contributed by atoms with Crippen molar-refractivity contribution < 1.29 is 23.0 Å². The molecule has 2 heterocycles. The number of nitrogens with two attached hydrogens (primary N) is 1. The van der Waals surface area contributed by atoms with Crippen LogP contribution in [0.4, 0.5) is 8.78 Å². The Morgan fingerprint density at radius 3 is 2.56 bits per heavy atom. The fraction of sp³-hybridized carbons (Fsp3) is 0.303. The van der Waals surface area contributed by atoms with E-state index < -0.39 is 35.4 Å². The fourth-order valence-electron chi connectivity index (χ4n) is 5.29. The average molecular weight is 560 g/mol. The second-order valence-corrected chi connectivity index (χ2v) is 10.6. The smallest absolute Gasteiger partial charge is 0.344 e. The Morgan fingerprint density at radius 1 is 1.02 bits per heavy atom. The molecule has 6 nitrogen and oxygen atoms in total. The van der Waals surface area contributed by atoms with Gasteiger partial charge in [0.05, 0.1) is 18.0 Å². The predicted octanol–water partition coefficient (Wildman–Crippen LogP) is 5.33. The highest BCUT2D eigenvalue weighted by Crippen LogP contribution is 2.35. The minimum Gasteiger partial charge on any atom is -0.457 e. The summed E-state index contributed by atoms with van der Waals surface area (Å²) in [5.74, 6) is -1.96. The standard InChI is InChI=1S/C33H35F2N3O3/c1-3-22-8-6-9-23(14-22)19-37-20-30(28(36)17-24-15-26(34)18-27(35)16-24)41-32(39)33(2)31-12-7-13-38(31)29-11-5-4-10-25(29)21-40-33/h4-16,18,28,30,37H,3,17,19-21,36H2,1-2H3/t28-,30+,33?/m0/s1. The molecule has 5 rings (SSSR count). The highest BCUT2D eigenvalue weighted by atomic mass is 19.1. The van der Waals surface area contributed by atoms with Crippen molar-refractivity contribution >= 4 is 5.97 Å². The van der Waals surface area contributed by atoms with E-state index in [1.54, 1.807) is 6.92 Å². The molecule has 0 radical (unpaired) electrons. The van der Waals surface area contributed by atoms with E-state index in [2.05, 4.69) is 24.4 Å². The van der Waals surface area contributed by atoms with Crippen LogP contribution in [0.25, 0.3) is 5.69 Å². The largest absolute Gasteiger partial charge is 0.457 e. The molecule has 0 saturated carbocycles. The number of hydrogen-bond donors (Lipinski definition) is 2. The number of aryl methyl sites for hydroxylation is 1. The van der Waals surface area contributed by atoms with Crippen LogP contribution >= 0.6 is 0 Å². The Hall–Kier alpha value is -3.85. The van der Waals surface area contributed by atoms with Gasteiger partial charge in [0.15, 0.2) is 0 Å². The Bertz CT molecular complexity index is 1500. The summed E-state index contributed by atoms with van der Waals surface area (Å²) in [5.41, 5.74) is 10.3. The van der Waals surface area contributed by atoms with Crippen LogP contribution in [0.3, 0.4) is 0 Å². The van der Waals surface area contributed by atoms with E-state index in [4.69, 9.17) is 15.2 Å². The Balaban J connectivity index is 1.37. The molecular formula is C33H35F2N3O3. The minimum absolute atomic E-state index is 0.110. The van der Waals surface area contributed by atoms with E-state index in [0.29, 0.717) is 17.8 Å². The van der Waals surface area contributed by atoms with E-state index in [-0.39, 0.29) is 19.6 Å². The van der Waals surface area contributed by atoms with Gasteiger partial charge >= 0.3 is 5.97 Å². The third-order valence-electron chi connectivity index (χ3n) is 7.60. The molecule has 0 spiro atoms. The lowest BCUT2D eigenvalue weighted by atomic mass is 9.99. The van der Waals surface area contributed by atoms with Crippen molar-refractivity contribution in [3.63, 3.8) is 0 Å². The number of ether oxygens (including phenoxy) is 2. The number of rotatable bonds is 10. The second-order valence-electron chi connectivity index (χ2n) is 10.6. The first-order chi connectivity index (χ1) is 19.8. The average Bonchev–Trinajstić information content (AvgIpc) is 3.41. The number of halogens is 2. The lowest BCUT2D eigenvalue weighted by Crippen LogP contribution is -2.49. The van der Waals surface area contributed by atoms with Crippen LogP contribution in [0, 0.1) is 11.6 Å². The third-order valence-corrected chi connectivity index (χ3v) is 7.60. The summed E-state index contributed by atoms with van der Waals surface area (Å²) in [7, 11) is 0. The van der Waals surface area contributed by atoms with Crippen LogP contribution in [-0.4, -0.2) is 29.2 Å². The van der Waals surface area contributed by atoms with Gasteiger partial charge in [-0.3, -0.25) is 0 Å². The number of nitrogens with one attached hydrogen (secondary N) is 1. The molecule has 3 atom stereocenters. The van der Waals surface area contributed by atoms with Crippen molar-refractivity contribution in [2.75, 3.05) is 6.54 Å². The van der Waals surface area contributed by atoms with Gasteiger partial charge in [0.25, 0.3) is 0 Å². The number of aromatic nitrogens is 1. The maximum atomic E-state index is 13.9. The van der Waals surface area contributed by atoms with Gasteiger partial charge in [0.1, 0.15) is 17.7 Å². The van der Waals surface area contributed by atoms with Crippen molar-refractivity contribution in [1.82, 2.24) is 9.88 Å². The van der Waals surface area contributed by atoms with E-state index in [1.165, 1.54) is 17.7 Å². The van der Waals surface area contributed by atoms with Gasteiger partial charge in [-0.25, -0.2) is 13.6 Å². The lowest BCUT2D eigenvalue weighted by molar-refractivity contribution is -0.180. The first kappa shape index (κ1) is 28.7. The van der Waals surface area contributed by atoms with Crippen molar-refractivity contribution in [2.24, 2.45) is 5.73 Å². The predicted molar refractivity (Wildman–Crippen MR) is 153 cm³/mol. The molecule has 8 heteroatoms. The number of esters is 1. The maximum Gasteiger partial charge on any atom is 0.344 e. The molecule has 0 bridgehead atoms. The van der Waals surface area contributed by atoms with E-state index in [9.17, 15) is 13.6 Å². The zero-order valence-electron chi connectivity index (χ0n) is 23.3. The topological polar surface area (TPSA) is 78.5 Å². The van der Waals surface area contributed by atoms with Crippen molar-refractivity contribution in [1.29, 1.82) is 0 Å². The van der Waals surface area contributed by atoms with Crippen LogP contribution in [0.1, 0.15) is 41.8 Å². The van der Waals surface area contributed by atoms with Crippen molar-refractivity contribution in [2.45, 2.75) is 57.6 Å². The quantitative estimate of drug-likeness (QED) is 0.257. The van der Waals surface area contributed by atoms with Crippen LogP contribution in [0.15, 0.2) is 85.1 Å². The first-order valence-electron chi connectivity index (χ1n) is 13.9. The summed E-state index contributed by atoms with van der Waals surface area (Å²) < 4.78 is 42.1. The molecule has 1 aliphatic rings. The zero-order chi connectivity index (χ0) is 29.0. The monoisotopic (exact) mass is 559 g/mol. The fourth-order valence-corrected chi connectivity index (χ4v) is 5.29. The molecule has 3 aromatic carbocycles. The summed E-state index contributed by atoms with van der Waals surface area (Å²) >= 11 is 0. The van der Waals surface area contributed by atoms with Gasteiger partial charge in [0.2, 0.25) is 5.60 Å². The van der Waals surface area contributed by atoms with E-state index in [1.807, 2.05) is 59.3 Å². The molecule has 1 aliphatic heterocycles. The number of hydrogen-bond acceptors (Lipinski definition) is 5. The molecule has 1 unspecified atom stereocenters. The highest BCUT2D eigenvalue weighted by molar-refractivity contribution is 5.81. The van der Waals surface area contributed by atoms with Gasteiger partial charge < -0.3 is 25.1 Å². The Kier molecular flexibility index (Phi) is 8.63. The number of carbonyl (C=O) groups is 1. The van der Waals surface area contributed by atoms with Gasteiger partial charge in [-0.15, -0.1) is 0 Å². The molecule has 4 aromatic rings. The number of carbonyl (C=O) groups excluding carboxylic acids is 1. The summed E-state index contributed by atoms with van der Waals surface area (Å²) in [5, 5.41) is 3.35. The summed E-state index contributed by atoms with van der Waals surface area (Å²) in [4.78, 5) is 13.9. The van der Waals surface area contributed by atoms with Crippen LogP contribution in [0.2, 0.25) is 0 Å². The van der Waals surface area contributed by atoms with Gasteiger partial charge in [-0.05, 0) is 66.8 Å². The molecule has 0 fully saturated rings. The summed E-state index contributed by atoms with van der Waals surface area (Å²) in [6, 6.07) is 22.3. The molecule has 0 saturated heterocycles. The normalized spacial score (nSPS) is 17.7. The van der Waals surface area contributed by atoms with Gasteiger partial charge in [-0.1, -0.05) is 49.4 Å². The highest BCUT2D eigenvalue weighted by Gasteiger charge is 2.44. The maximum absolute atomic E-state index is 13.9. The number of nitrogens with zero attached hydrogens (tertiary/aromatic N) is 1. The SMILES string of the molecule is CCc1cccc(CNC[C@@H](OC(=O)C2(C)OCc3ccccc3-n3cccc32)[C@@H](N)Cc2cc(F)cc(F)c2)c1. The molecule has 3 N–H and O–H groups in total. The van der Waals surface area contributed by atoms with E-state index >= 15 is 0 Å². The third kappa shape index (κ3) is 6.40. The summed E-state index contributed by atoms with van der Waals surface area (Å²) in [6.45, 7) is 4.78. The molecular weight excluding hydrogens is 524 g/mol. The van der Waals surface area contributed by atoms with Crippen LogP contribution in [-0.2, 0) is 45.9 Å². The second kappa shape index (κ2) is 12.3. The lowest BCUT2D eigenvalue weighted by Gasteiger charge is -2.31. The molecule has 0 amide bonds.